The number of rotatable bonds is 8. The number of nitrogens with one attached hydrogen (secondary N) is 1. The molecule has 21 heavy (non-hydrogen) atoms. The topological polar surface area (TPSA) is 72.5 Å². The Bertz CT molecular complexity index is 576. The quantitative estimate of drug-likeness (QED) is 0.738. The van der Waals surface area contributed by atoms with Crippen LogP contribution in [-0.4, -0.2) is 17.6 Å². The second-order valence-electron chi connectivity index (χ2n) is 4.84. The number of para-hydroxylation sites is 1. The van der Waals surface area contributed by atoms with Crippen molar-refractivity contribution in [3.8, 4) is 5.75 Å². The molecule has 0 fully saturated rings. The smallest absolute Gasteiger partial charge is 0.409 e. The van der Waals surface area contributed by atoms with E-state index >= 15 is 0 Å². The first-order valence-corrected chi connectivity index (χ1v) is 9.09. The Morgan fingerprint density at radius 1 is 1.33 bits per heavy atom. The van der Waals surface area contributed by atoms with Crippen molar-refractivity contribution in [1.82, 2.24) is 5.09 Å². The zero-order valence-electron chi connectivity index (χ0n) is 12.3. The van der Waals surface area contributed by atoms with Crippen LogP contribution in [0.4, 0.5) is 0 Å². The van der Waals surface area contributed by atoms with Crippen molar-refractivity contribution >= 4 is 29.7 Å². The van der Waals surface area contributed by atoms with E-state index in [0.717, 1.165) is 5.56 Å². The molecule has 0 aliphatic carbocycles. The minimum atomic E-state index is -3.68. The summed E-state index contributed by atoms with van der Waals surface area (Å²) in [5.41, 5.74) is 0.742. The van der Waals surface area contributed by atoms with Crippen molar-refractivity contribution in [2.24, 2.45) is 0 Å². The molecule has 0 aliphatic heterocycles. The molecule has 0 saturated carbocycles. The number of benzene rings is 1. The average Bonchev–Trinajstić information content (AvgIpc) is 2.36. The van der Waals surface area contributed by atoms with Gasteiger partial charge >= 0.3 is 6.87 Å². The van der Waals surface area contributed by atoms with Crippen LogP contribution in [0.2, 0.25) is 0 Å². The number of Topliss-reactive ketones (excluding diaryl/α,β-unsaturated/α-hetero) is 2. The van der Waals surface area contributed by atoms with Gasteiger partial charge in [-0.25, -0.2) is 9.65 Å². The SMILES string of the molecule is CC(=O)CCc1ccccc1OP(=O)(Cl)N[C@@H](C)C(C)=O. The first kappa shape index (κ1) is 17.9. The summed E-state index contributed by atoms with van der Waals surface area (Å²) < 4.78 is 17.5. The van der Waals surface area contributed by atoms with Crippen LogP contribution in [0.15, 0.2) is 24.3 Å². The normalized spacial score (nSPS) is 15.0. The Hall–Kier alpha value is -1.16. The number of aryl methyl sites for hydroxylation is 1. The van der Waals surface area contributed by atoms with Crippen LogP contribution in [0.3, 0.4) is 0 Å². The molecule has 7 heteroatoms. The first-order valence-electron chi connectivity index (χ1n) is 6.56. The molecule has 2 atom stereocenters. The maximum absolute atomic E-state index is 12.2. The summed E-state index contributed by atoms with van der Waals surface area (Å²) >= 11 is 5.85. The fourth-order valence-corrected chi connectivity index (χ4v) is 3.38. The van der Waals surface area contributed by atoms with E-state index in [2.05, 4.69) is 5.09 Å². The summed E-state index contributed by atoms with van der Waals surface area (Å²) in [4.78, 5) is 22.2. The van der Waals surface area contributed by atoms with Crippen molar-refractivity contribution in [1.29, 1.82) is 0 Å². The van der Waals surface area contributed by atoms with E-state index in [1.165, 1.54) is 13.8 Å². The molecule has 1 rings (SSSR count). The number of carbonyl (C=O) groups is 2. The zero-order valence-corrected chi connectivity index (χ0v) is 13.9. The van der Waals surface area contributed by atoms with Gasteiger partial charge < -0.3 is 9.32 Å². The molecule has 0 spiro atoms. The van der Waals surface area contributed by atoms with E-state index < -0.39 is 12.9 Å². The molecule has 0 saturated heterocycles. The van der Waals surface area contributed by atoms with Gasteiger partial charge in [0.15, 0.2) is 0 Å². The van der Waals surface area contributed by atoms with Gasteiger partial charge in [-0.2, -0.15) is 0 Å². The Balaban J connectivity index is 2.84. The number of carbonyl (C=O) groups excluding carboxylic acids is 2. The van der Waals surface area contributed by atoms with Gasteiger partial charge in [0.1, 0.15) is 17.3 Å². The molecular formula is C14H19ClNO4P. The molecule has 0 bridgehead atoms. The molecular weight excluding hydrogens is 313 g/mol. The Morgan fingerprint density at radius 2 is 1.95 bits per heavy atom. The van der Waals surface area contributed by atoms with Crippen LogP contribution in [-0.2, 0) is 20.6 Å². The van der Waals surface area contributed by atoms with Crippen LogP contribution in [0.25, 0.3) is 0 Å². The Kier molecular flexibility index (Phi) is 6.59. The largest absolute Gasteiger partial charge is 0.422 e. The van der Waals surface area contributed by atoms with Crippen LogP contribution >= 0.6 is 18.1 Å². The lowest BCUT2D eigenvalue weighted by molar-refractivity contribution is -0.118. The Labute approximate surface area is 129 Å². The fraction of sp³-hybridized carbons (Fsp3) is 0.429. The molecule has 1 aromatic rings. The fourth-order valence-electron chi connectivity index (χ4n) is 1.59. The van der Waals surface area contributed by atoms with Crippen LogP contribution in [0.5, 0.6) is 5.75 Å². The molecule has 0 amide bonds. The van der Waals surface area contributed by atoms with Gasteiger partial charge in [-0.3, -0.25) is 4.79 Å². The lowest BCUT2D eigenvalue weighted by Gasteiger charge is -2.19. The van der Waals surface area contributed by atoms with Gasteiger partial charge in [-0.15, -0.1) is 0 Å². The number of ketones is 2. The number of hydrogen-bond donors (Lipinski definition) is 1. The third-order valence-corrected chi connectivity index (χ3v) is 4.52. The third-order valence-electron chi connectivity index (χ3n) is 2.89. The minimum absolute atomic E-state index is 0.0576. The maximum atomic E-state index is 12.2. The minimum Gasteiger partial charge on any atom is -0.422 e. The van der Waals surface area contributed by atoms with Gasteiger partial charge in [-0.1, -0.05) is 18.2 Å². The van der Waals surface area contributed by atoms with Crippen LogP contribution < -0.4 is 9.61 Å². The van der Waals surface area contributed by atoms with E-state index in [9.17, 15) is 14.2 Å². The lowest BCUT2D eigenvalue weighted by Crippen LogP contribution is -2.29. The predicted molar refractivity (Wildman–Crippen MR) is 82.8 cm³/mol. The lowest BCUT2D eigenvalue weighted by atomic mass is 10.1. The monoisotopic (exact) mass is 331 g/mol. The van der Waals surface area contributed by atoms with Crippen molar-refractivity contribution in [3.63, 3.8) is 0 Å². The second-order valence-corrected chi connectivity index (χ2v) is 7.58. The second kappa shape index (κ2) is 7.74. The van der Waals surface area contributed by atoms with E-state index in [4.69, 9.17) is 15.8 Å². The van der Waals surface area contributed by atoms with E-state index in [-0.39, 0.29) is 11.6 Å². The van der Waals surface area contributed by atoms with Crippen LogP contribution in [0, 0.1) is 0 Å². The van der Waals surface area contributed by atoms with Crippen molar-refractivity contribution in [3.05, 3.63) is 29.8 Å². The summed E-state index contributed by atoms with van der Waals surface area (Å²) in [5, 5.41) is 2.48. The van der Waals surface area contributed by atoms with Gasteiger partial charge in [-0.05, 0) is 38.8 Å². The number of halogens is 1. The average molecular weight is 332 g/mol. The summed E-state index contributed by atoms with van der Waals surface area (Å²) in [6.45, 7) is 0.752. The first-order chi connectivity index (χ1) is 9.71. The summed E-state index contributed by atoms with van der Waals surface area (Å²) in [5.74, 6) is 0.215. The number of hydrogen-bond acceptors (Lipinski definition) is 4. The standard InChI is InChI=1S/C14H19ClNO4P/c1-10(17)8-9-13-6-4-5-7-14(13)20-21(15,19)16-11(2)12(3)18/h4-7,11H,8-9H2,1-3H3,(H,16,19)/t11-,21?/m0/s1. The maximum Gasteiger partial charge on any atom is 0.409 e. The van der Waals surface area contributed by atoms with E-state index in [1.807, 2.05) is 0 Å². The molecule has 0 aromatic heterocycles. The molecule has 116 valence electrons. The van der Waals surface area contributed by atoms with Crippen molar-refractivity contribution in [2.75, 3.05) is 0 Å². The summed E-state index contributed by atoms with van der Waals surface area (Å²) in [6.07, 6.45) is 0.842. The molecule has 1 unspecified atom stereocenters. The van der Waals surface area contributed by atoms with Crippen LogP contribution in [0.1, 0.15) is 32.8 Å². The third kappa shape index (κ3) is 6.42. The van der Waals surface area contributed by atoms with Gasteiger partial charge in [0, 0.05) is 17.7 Å². The van der Waals surface area contributed by atoms with Crippen molar-refractivity contribution in [2.45, 2.75) is 39.7 Å². The highest BCUT2D eigenvalue weighted by Crippen LogP contribution is 2.49. The molecule has 0 heterocycles. The molecule has 1 aromatic carbocycles. The highest BCUT2D eigenvalue weighted by atomic mass is 35.7. The van der Waals surface area contributed by atoms with E-state index in [0.29, 0.717) is 18.6 Å². The molecule has 1 N–H and O–H groups in total. The summed E-state index contributed by atoms with van der Waals surface area (Å²) in [6, 6.07) is 6.26. The van der Waals surface area contributed by atoms with E-state index in [1.54, 1.807) is 31.2 Å². The Morgan fingerprint density at radius 3 is 2.52 bits per heavy atom. The predicted octanol–water partition coefficient (Wildman–Crippen LogP) is 3.50. The van der Waals surface area contributed by atoms with Gasteiger partial charge in [0.2, 0.25) is 0 Å². The molecule has 5 nitrogen and oxygen atoms in total. The summed E-state index contributed by atoms with van der Waals surface area (Å²) in [7, 11) is 0. The molecule has 0 aliphatic rings. The highest BCUT2D eigenvalue weighted by Gasteiger charge is 2.26. The zero-order chi connectivity index (χ0) is 16.0. The highest BCUT2D eigenvalue weighted by molar-refractivity contribution is 7.84. The molecule has 0 radical (unpaired) electrons. The van der Waals surface area contributed by atoms with Gasteiger partial charge in [0.25, 0.3) is 0 Å². The van der Waals surface area contributed by atoms with Crippen molar-refractivity contribution < 1.29 is 18.7 Å². The van der Waals surface area contributed by atoms with Gasteiger partial charge in [0.05, 0.1) is 6.04 Å².